The van der Waals surface area contributed by atoms with E-state index in [0.29, 0.717) is 46.7 Å². The summed E-state index contributed by atoms with van der Waals surface area (Å²) in [5, 5.41) is 15.3. The summed E-state index contributed by atoms with van der Waals surface area (Å²) in [7, 11) is 0. The molecule has 5 aliphatic heterocycles. The summed E-state index contributed by atoms with van der Waals surface area (Å²) in [5.41, 5.74) is 4.16. The van der Waals surface area contributed by atoms with Gasteiger partial charge in [-0.3, -0.25) is 39.3 Å². The van der Waals surface area contributed by atoms with E-state index < -0.39 is 23.8 Å². The summed E-state index contributed by atoms with van der Waals surface area (Å²) in [5.74, 6) is 0.288. The highest BCUT2D eigenvalue weighted by molar-refractivity contribution is 6.23. The van der Waals surface area contributed by atoms with Crippen LogP contribution in [0.1, 0.15) is 101 Å². The van der Waals surface area contributed by atoms with Gasteiger partial charge in [-0.25, -0.2) is 4.79 Å². The quantitative estimate of drug-likeness (QED) is 0.216. The van der Waals surface area contributed by atoms with Crippen molar-refractivity contribution in [2.75, 3.05) is 60.9 Å². The fourth-order valence-electron chi connectivity index (χ4n) is 10.2. The number of carbonyl (C=O) groups excluding carboxylic acids is 6. The molecule has 0 bridgehead atoms. The van der Waals surface area contributed by atoms with Crippen molar-refractivity contribution in [3.8, 4) is 0 Å². The van der Waals surface area contributed by atoms with Gasteiger partial charge in [-0.1, -0.05) is 0 Å². The van der Waals surface area contributed by atoms with Gasteiger partial charge in [0.05, 0.1) is 11.1 Å². The minimum absolute atomic E-state index is 0.0239. The van der Waals surface area contributed by atoms with Crippen LogP contribution in [0.2, 0.25) is 0 Å². The summed E-state index contributed by atoms with van der Waals surface area (Å²) < 4.78 is 5.56. The second-order valence-corrected chi connectivity index (χ2v) is 17.8. The lowest BCUT2D eigenvalue weighted by Crippen LogP contribution is -2.54. The van der Waals surface area contributed by atoms with E-state index in [1.807, 2.05) is 50.2 Å². The predicted octanol–water partition coefficient (Wildman–Crippen LogP) is 4.12. The largest absolute Gasteiger partial charge is 0.446 e. The summed E-state index contributed by atoms with van der Waals surface area (Å²) in [6.07, 6.45) is 4.17. The number of alkyl carbamates (subject to hydrolysis) is 1. The maximum atomic E-state index is 13.4. The third-order valence-electron chi connectivity index (χ3n) is 13.3. The van der Waals surface area contributed by atoms with Crippen LogP contribution in [-0.2, 0) is 14.3 Å². The number of benzene rings is 2. The van der Waals surface area contributed by atoms with E-state index in [4.69, 9.17) is 4.74 Å². The van der Waals surface area contributed by atoms with Crippen LogP contribution in [0.25, 0.3) is 0 Å². The second-order valence-electron chi connectivity index (χ2n) is 17.8. The van der Waals surface area contributed by atoms with E-state index >= 15 is 0 Å². The lowest BCUT2D eigenvalue weighted by molar-refractivity contribution is -0.136. The first-order valence-corrected chi connectivity index (χ1v) is 21.5. The average Bonchev–Trinajstić information content (AvgIpc) is 4.06. The molecular formula is C44H53N9O7. The zero-order valence-corrected chi connectivity index (χ0v) is 34.2. The number of piperidine rings is 2. The Morgan fingerprint density at radius 3 is 2.27 bits per heavy atom. The van der Waals surface area contributed by atoms with Crippen molar-refractivity contribution in [3.63, 3.8) is 0 Å². The Morgan fingerprint density at radius 2 is 1.55 bits per heavy atom. The number of carbonyl (C=O) groups is 6. The van der Waals surface area contributed by atoms with Gasteiger partial charge in [0.2, 0.25) is 11.8 Å². The van der Waals surface area contributed by atoms with Crippen molar-refractivity contribution in [1.82, 2.24) is 30.6 Å². The first-order valence-electron chi connectivity index (χ1n) is 21.5. The Morgan fingerprint density at radius 1 is 0.833 bits per heavy atom. The SMILES string of the molecule is CC(C)NC(=O)O[C@H]1CC[C@@H](c2cc(NC(=O)c3ccc(N4CC5CN(CC6CCN(c7ccc8c(c7)C(=O)N(C7CCC(=O)NC7=O)C8=O)CC6)C[C@H]5C4)cc3)n[nH]2)C1. The molecule has 16 heteroatoms. The number of hydrogen-bond donors (Lipinski definition) is 4. The van der Waals surface area contributed by atoms with Gasteiger partial charge in [-0.2, -0.15) is 5.10 Å². The highest BCUT2D eigenvalue weighted by Gasteiger charge is 2.45. The number of anilines is 3. The van der Waals surface area contributed by atoms with Gasteiger partial charge in [0.1, 0.15) is 12.1 Å². The topological polar surface area (TPSA) is 189 Å². The maximum Gasteiger partial charge on any atom is 0.407 e. The Bertz CT molecular complexity index is 2170. The lowest BCUT2D eigenvalue weighted by Gasteiger charge is -2.35. The van der Waals surface area contributed by atoms with Crippen molar-refractivity contribution in [3.05, 3.63) is 70.9 Å². The number of aromatic amines is 1. The van der Waals surface area contributed by atoms with Crippen LogP contribution in [0.5, 0.6) is 0 Å². The number of fused-ring (bicyclic) bond motifs is 2. The zero-order valence-electron chi connectivity index (χ0n) is 34.2. The third-order valence-corrected chi connectivity index (χ3v) is 13.3. The third kappa shape index (κ3) is 8.08. The predicted molar refractivity (Wildman–Crippen MR) is 222 cm³/mol. The molecule has 6 amide bonds. The Hall–Kier alpha value is -5.77. The molecule has 3 aromatic rings. The molecule has 5 atom stereocenters. The number of hydrogen-bond acceptors (Lipinski definition) is 11. The van der Waals surface area contributed by atoms with Crippen LogP contribution in [0, 0.1) is 17.8 Å². The molecule has 9 rings (SSSR count). The Balaban J connectivity index is 0.709. The first-order chi connectivity index (χ1) is 28.9. The van der Waals surface area contributed by atoms with Crippen LogP contribution in [0.4, 0.5) is 22.0 Å². The van der Waals surface area contributed by atoms with Crippen molar-refractivity contribution in [2.24, 2.45) is 17.8 Å². The van der Waals surface area contributed by atoms with Crippen molar-refractivity contribution >= 4 is 52.8 Å². The summed E-state index contributed by atoms with van der Waals surface area (Å²) in [6.45, 7) is 10.8. The monoisotopic (exact) mass is 819 g/mol. The molecule has 316 valence electrons. The molecule has 4 N–H and O–H groups in total. The van der Waals surface area contributed by atoms with Gasteiger partial charge < -0.3 is 30.1 Å². The summed E-state index contributed by atoms with van der Waals surface area (Å²) >= 11 is 0. The molecule has 1 saturated carbocycles. The van der Waals surface area contributed by atoms with Crippen LogP contribution >= 0.6 is 0 Å². The molecule has 1 aromatic heterocycles. The zero-order chi connectivity index (χ0) is 41.7. The van der Waals surface area contributed by atoms with E-state index in [9.17, 15) is 28.8 Å². The summed E-state index contributed by atoms with van der Waals surface area (Å²) in [4.78, 5) is 84.1. The molecule has 6 heterocycles. The van der Waals surface area contributed by atoms with E-state index in [1.54, 1.807) is 12.1 Å². The van der Waals surface area contributed by atoms with Gasteiger partial charge in [-0.05, 0) is 113 Å². The van der Waals surface area contributed by atoms with Crippen molar-refractivity contribution in [1.29, 1.82) is 0 Å². The van der Waals surface area contributed by atoms with Gasteiger partial charge in [0.25, 0.3) is 17.7 Å². The van der Waals surface area contributed by atoms with Gasteiger partial charge in [-0.15, -0.1) is 0 Å². The molecule has 0 spiro atoms. The minimum atomic E-state index is -0.967. The molecule has 16 nitrogen and oxygen atoms in total. The molecular weight excluding hydrogens is 767 g/mol. The van der Waals surface area contributed by atoms with E-state index in [1.165, 1.54) is 0 Å². The van der Waals surface area contributed by atoms with Crippen LogP contribution in [0.3, 0.4) is 0 Å². The normalized spacial score (nSPS) is 25.9. The first kappa shape index (κ1) is 39.7. The van der Waals surface area contributed by atoms with E-state index in [0.717, 1.165) is 93.5 Å². The smallest absolute Gasteiger partial charge is 0.407 e. The van der Waals surface area contributed by atoms with Crippen LogP contribution in [-0.4, -0.2) is 120 Å². The molecule has 6 aliphatic rings. The Kier molecular flexibility index (Phi) is 10.8. The van der Waals surface area contributed by atoms with Gasteiger partial charge >= 0.3 is 6.09 Å². The number of nitrogens with one attached hydrogen (secondary N) is 4. The number of H-pyrrole nitrogens is 1. The van der Waals surface area contributed by atoms with Gasteiger partial charge in [0, 0.05) is 92.9 Å². The minimum Gasteiger partial charge on any atom is -0.446 e. The fourth-order valence-corrected chi connectivity index (χ4v) is 10.2. The average molecular weight is 820 g/mol. The number of imide groups is 2. The molecule has 4 saturated heterocycles. The number of nitrogens with zero attached hydrogens (tertiary/aromatic N) is 5. The molecule has 5 fully saturated rings. The number of aromatic nitrogens is 2. The maximum absolute atomic E-state index is 13.4. The summed E-state index contributed by atoms with van der Waals surface area (Å²) in [6, 6.07) is 14.1. The number of amides is 6. The van der Waals surface area contributed by atoms with Gasteiger partial charge in [0.15, 0.2) is 5.82 Å². The Labute approximate surface area is 348 Å². The number of ether oxygens (including phenoxy) is 1. The molecule has 60 heavy (non-hydrogen) atoms. The highest BCUT2D eigenvalue weighted by Crippen LogP contribution is 2.38. The van der Waals surface area contributed by atoms with Crippen molar-refractivity contribution < 1.29 is 33.5 Å². The molecule has 2 aromatic carbocycles. The molecule has 2 unspecified atom stereocenters. The highest BCUT2D eigenvalue weighted by atomic mass is 16.6. The second kappa shape index (κ2) is 16.4. The van der Waals surface area contributed by atoms with E-state index in [2.05, 4.69) is 40.8 Å². The molecule has 1 aliphatic carbocycles. The van der Waals surface area contributed by atoms with E-state index in [-0.39, 0.29) is 48.8 Å². The van der Waals surface area contributed by atoms with Crippen LogP contribution in [0.15, 0.2) is 48.5 Å². The standard InChI is InChI=1S/C44H53N9O7/c1-25(2)45-44(59)60-33-9-5-28(17-33)36-19-38(49-48-36)46-40(55)27-3-6-31(7-4-27)52-23-29-21-50(22-30(29)24-52)20-26-13-15-51(16-14-26)32-8-10-34-35(18-32)43(58)53(42(34)57)37-11-12-39(54)47-41(37)56/h3-4,6-8,10,18-19,25-26,28-30,33,37H,5,9,11-17,20-24H2,1-2H3,(H,45,59)(H,47,54,56)(H2,46,48,49,55)/t28-,29+,30?,33+,37?/m1/s1. The number of likely N-dealkylation sites (tertiary alicyclic amines) is 1. The molecule has 0 radical (unpaired) electrons. The lowest BCUT2D eigenvalue weighted by atomic mass is 9.95. The van der Waals surface area contributed by atoms with Crippen LogP contribution < -0.4 is 25.8 Å². The number of rotatable bonds is 10. The fraction of sp³-hybridized carbons (Fsp3) is 0.523. The van der Waals surface area contributed by atoms with Crippen molar-refractivity contribution in [2.45, 2.75) is 82.9 Å².